The van der Waals surface area contributed by atoms with Gasteiger partial charge in [-0.25, -0.2) is 8.78 Å². The van der Waals surface area contributed by atoms with Gasteiger partial charge in [-0.05, 0) is 46.3 Å². The highest BCUT2D eigenvalue weighted by molar-refractivity contribution is 9.10. The van der Waals surface area contributed by atoms with E-state index < -0.39 is 11.6 Å². The van der Waals surface area contributed by atoms with Crippen LogP contribution in [0.25, 0.3) is 0 Å². The number of ketones is 1. The van der Waals surface area contributed by atoms with E-state index in [1.165, 1.54) is 0 Å². The van der Waals surface area contributed by atoms with Gasteiger partial charge in [0.25, 0.3) is 0 Å². The maximum absolute atomic E-state index is 13.9. The van der Waals surface area contributed by atoms with E-state index in [9.17, 15) is 13.6 Å². The monoisotopic (exact) mass is 330 g/mol. The molecular formula is C15H17BrF2O. The van der Waals surface area contributed by atoms with Gasteiger partial charge in [0, 0.05) is 5.92 Å². The number of Topliss-reactive ketones (excluding diaryl/α,β-unsaturated/α-hetero) is 1. The molecule has 1 fully saturated rings. The standard InChI is InChI=1S/C15H17BrF2O/c1-15(2)6-4-3-5-10(15)14(19)9-7-13(18)11(16)8-12(9)17/h7-8,10H,3-6H2,1-2H3. The van der Waals surface area contributed by atoms with E-state index in [1.807, 2.05) is 13.8 Å². The number of carbonyl (C=O) groups is 1. The Morgan fingerprint density at radius 1 is 1.26 bits per heavy atom. The minimum atomic E-state index is -0.653. The van der Waals surface area contributed by atoms with Gasteiger partial charge in [0.2, 0.25) is 0 Å². The minimum absolute atomic E-state index is 0.0458. The van der Waals surface area contributed by atoms with Crippen LogP contribution in [-0.4, -0.2) is 5.78 Å². The summed E-state index contributed by atoms with van der Waals surface area (Å²) >= 11 is 2.92. The highest BCUT2D eigenvalue weighted by Crippen LogP contribution is 2.42. The van der Waals surface area contributed by atoms with E-state index in [1.54, 1.807) is 0 Å². The first-order valence-corrected chi connectivity index (χ1v) is 7.31. The average molecular weight is 331 g/mol. The molecule has 0 aliphatic heterocycles. The Morgan fingerprint density at radius 2 is 1.95 bits per heavy atom. The Hall–Kier alpha value is -0.770. The highest BCUT2D eigenvalue weighted by atomic mass is 79.9. The molecule has 1 aromatic carbocycles. The van der Waals surface area contributed by atoms with Crippen molar-refractivity contribution < 1.29 is 13.6 Å². The second-order valence-electron chi connectivity index (χ2n) is 5.90. The van der Waals surface area contributed by atoms with Gasteiger partial charge in [-0.2, -0.15) is 0 Å². The Kier molecular flexibility index (Phi) is 4.09. The first kappa shape index (κ1) is 14.6. The molecule has 0 saturated heterocycles. The molecular weight excluding hydrogens is 314 g/mol. The largest absolute Gasteiger partial charge is 0.294 e. The third-order valence-corrected chi connectivity index (χ3v) is 4.71. The van der Waals surface area contributed by atoms with E-state index in [2.05, 4.69) is 15.9 Å². The van der Waals surface area contributed by atoms with E-state index in [-0.39, 0.29) is 27.2 Å². The molecule has 1 aromatic rings. The summed E-state index contributed by atoms with van der Waals surface area (Å²) in [6.07, 6.45) is 3.77. The van der Waals surface area contributed by atoms with Crippen molar-refractivity contribution >= 4 is 21.7 Å². The fourth-order valence-corrected chi connectivity index (χ4v) is 3.19. The number of carbonyl (C=O) groups excluding carboxylic acids is 1. The predicted molar refractivity (Wildman–Crippen MR) is 74.1 cm³/mol. The van der Waals surface area contributed by atoms with Gasteiger partial charge in [-0.15, -0.1) is 0 Å². The summed E-state index contributed by atoms with van der Waals surface area (Å²) in [5.74, 6) is -1.75. The second kappa shape index (κ2) is 5.31. The van der Waals surface area contributed by atoms with Crippen molar-refractivity contribution in [2.45, 2.75) is 39.5 Å². The van der Waals surface area contributed by atoms with Gasteiger partial charge >= 0.3 is 0 Å². The molecule has 0 aromatic heterocycles. The molecule has 1 saturated carbocycles. The average Bonchev–Trinajstić information content (AvgIpc) is 2.32. The molecule has 1 aliphatic rings. The fourth-order valence-electron chi connectivity index (χ4n) is 2.88. The van der Waals surface area contributed by atoms with E-state index in [0.717, 1.165) is 37.8 Å². The zero-order chi connectivity index (χ0) is 14.2. The summed E-state index contributed by atoms with van der Waals surface area (Å²) in [4.78, 5) is 12.5. The number of hydrogen-bond donors (Lipinski definition) is 0. The lowest BCUT2D eigenvalue weighted by Gasteiger charge is -2.37. The Balaban J connectivity index is 2.36. The molecule has 19 heavy (non-hydrogen) atoms. The van der Waals surface area contributed by atoms with Crippen molar-refractivity contribution in [1.82, 2.24) is 0 Å². The van der Waals surface area contributed by atoms with Crippen molar-refractivity contribution in [3.05, 3.63) is 33.8 Å². The van der Waals surface area contributed by atoms with Gasteiger partial charge in [0.15, 0.2) is 5.78 Å². The second-order valence-corrected chi connectivity index (χ2v) is 6.75. The lowest BCUT2D eigenvalue weighted by Crippen LogP contribution is -2.34. The summed E-state index contributed by atoms with van der Waals surface area (Å²) in [6, 6.07) is 2.03. The van der Waals surface area contributed by atoms with Gasteiger partial charge in [-0.1, -0.05) is 26.7 Å². The molecule has 0 amide bonds. The lowest BCUT2D eigenvalue weighted by atomic mass is 9.66. The molecule has 104 valence electrons. The summed E-state index contributed by atoms with van der Waals surface area (Å²) in [6.45, 7) is 4.06. The first-order chi connectivity index (χ1) is 8.83. The van der Waals surface area contributed by atoms with Crippen LogP contribution in [0.1, 0.15) is 49.9 Å². The van der Waals surface area contributed by atoms with Crippen LogP contribution in [0.4, 0.5) is 8.78 Å². The molecule has 0 bridgehead atoms. The Bertz CT molecular complexity index is 511. The Labute approximate surface area is 120 Å². The van der Waals surface area contributed by atoms with E-state index >= 15 is 0 Å². The number of halogens is 3. The molecule has 2 rings (SSSR count). The number of benzene rings is 1. The number of rotatable bonds is 2. The van der Waals surface area contributed by atoms with Crippen LogP contribution in [0.5, 0.6) is 0 Å². The number of hydrogen-bond acceptors (Lipinski definition) is 1. The van der Waals surface area contributed by atoms with Crippen LogP contribution in [0.15, 0.2) is 16.6 Å². The predicted octanol–water partition coefficient (Wildman–Crippen LogP) is 5.13. The smallest absolute Gasteiger partial charge is 0.169 e. The molecule has 1 nitrogen and oxygen atoms in total. The van der Waals surface area contributed by atoms with Crippen molar-refractivity contribution in [3.63, 3.8) is 0 Å². The molecule has 0 heterocycles. The zero-order valence-electron chi connectivity index (χ0n) is 11.1. The van der Waals surface area contributed by atoms with Crippen LogP contribution in [0.2, 0.25) is 0 Å². The van der Waals surface area contributed by atoms with Crippen molar-refractivity contribution in [1.29, 1.82) is 0 Å². The van der Waals surface area contributed by atoms with Crippen molar-refractivity contribution in [2.75, 3.05) is 0 Å². The van der Waals surface area contributed by atoms with Crippen molar-refractivity contribution in [2.24, 2.45) is 11.3 Å². The molecule has 0 N–H and O–H groups in total. The maximum atomic E-state index is 13.9. The van der Waals surface area contributed by atoms with E-state index in [4.69, 9.17) is 0 Å². The fraction of sp³-hybridized carbons (Fsp3) is 0.533. The minimum Gasteiger partial charge on any atom is -0.294 e. The quantitative estimate of drug-likeness (QED) is 0.543. The summed E-state index contributed by atoms with van der Waals surface area (Å²) in [5.41, 5.74) is -0.272. The van der Waals surface area contributed by atoms with Gasteiger partial charge in [0.1, 0.15) is 11.6 Å². The molecule has 0 radical (unpaired) electrons. The zero-order valence-corrected chi connectivity index (χ0v) is 12.7. The molecule has 4 heteroatoms. The normalized spacial score (nSPS) is 22.3. The Morgan fingerprint density at radius 3 is 2.58 bits per heavy atom. The van der Waals surface area contributed by atoms with Crippen LogP contribution < -0.4 is 0 Å². The lowest BCUT2D eigenvalue weighted by molar-refractivity contribution is 0.0692. The summed E-state index contributed by atoms with van der Waals surface area (Å²) in [7, 11) is 0. The van der Waals surface area contributed by atoms with Crippen LogP contribution in [-0.2, 0) is 0 Å². The topological polar surface area (TPSA) is 17.1 Å². The molecule has 1 aliphatic carbocycles. The van der Waals surface area contributed by atoms with Crippen LogP contribution >= 0.6 is 15.9 Å². The molecule has 1 unspecified atom stereocenters. The van der Waals surface area contributed by atoms with Crippen molar-refractivity contribution in [3.8, 4) is 0 Å². The molecule has 1 atom stereocenters. The third-order valence-electron chi connectivity index (χ3n) is 4.10. The van der Waals surface area contributed by atoms with Gasteiger partial charge in [-0.3, -0.25) is 4.79 Å². The maximum Gasteiger partial charge on any atom is 0.169 e. The molecule has 0 spiro atoms. The van der Waals surface area contributed by atoms with Gasteiger partial charge in [0.05, 0.1) is 10.0 Å². The van der Waals surface area contributed by atoms with Crippen LogP contribution in [0.3, 0.4) is 0 Å². The summed E-state index contributed by atoms with van der Waals surface area (Å²) < 4.78 is 27.4. The van der Waals surface area contributed by atoms with Gasteiger partial charge < -0.3 is 0 Å². The third kappa shape index (κ3) is 2.88. The van der Waals surface area contributed by atoms with Crippen LogP contribution in [0, 0.1) is 23.0 Å². The first-order valence-electron chi connectivity index (χ1n) is 6.51. The highest BCUT2D eigenvalue weighted by Gasteiger charge is 2.38. The van der Waals surface area contributed by atoms with E-state index in [0.29, 0.717) is 0 Å². The SMILES string of the molecule is CC1(C)CCCCC1C(=O)c1cc(F)c(Br)cc1F. The summed E-state index contributed by atoms with van der Waals surface area (Å²) in [5, 5.41) is 0.